The Balaban J connectivity index is 1.42. The van der Waals surface area contributed by atoms with Gasteiger partial charge in [-0.15, -0.1) is 11.3 Å². The smallest absolute Gasteiger partial charge is 0.306 e. The van der Waals surface area contributed by atoms with Crippen LogP contribution >= 0.6 is 34.5 Å². The Morgan fingerprint density at radius 3 is 2.75 bits per heavy atom. The Morgan fingerprint density at radius 2 is 1.96 bits per heavy atom. The molecular weight excluding hydrogens is 419 g/mol. The highest BCUT2D eigenvalue weighted by atomic mass is 35.5. The quantitative estimate of drug-likeness (QED) is 0.580. The molecule has 0 unspecified atom stereocenters. The number of hydrogen-bond acceptors (Lipinski definition) is 5. The standard InChI is InChI=1S/C20H18Cl2N2O3S/c21-13-5-3-6-14(22)12(13)10-27-17(25)9-8-16-23-19(26)18-11-4-1-2-7-15(11)28-20(18)24-16/h3,5-6H,1-2,4,7-10H2,(H,23,24,26). The number of aromatic amines is 1. The molecule has 1 N–H and O–H groups in total. The number of hydrogen-bond donors (Lipinski definition) is 1. The van der Waals surface area contributed by atoms with E-state index in [0.717, 1.165) is 41.5 Å². The lowest BCUT2D eigenvalue weighted by Crippen LogP contribution is -2.14. The SMILES string of the molecule is O=C(CCc1nc2sc3c(c2c(=O)[nH]1)CCCC3)OCc1c(Cl)cccc1Cl. The average molecular weight is 437 g/mol. The van der Waals surface area contributed by atoms with Crippen molar-refractivity contribution in [1.29, 1.82) is 0 Å². The Morgan fingerprint density at radius 1 is 1.21 bits per heavy atom. The molecule has 146 valence electrons. The Kier molecular flexibility index (Phi) is 5.71. The summed E-state index contributed by atoms with van der Waals surface area (Å²) in [6.07, 6.45) is 4.65. The van der Waals surface area contributed by atoms with Crippen molar-refractivity contribution in [1.82, 2.24) is 9.97 Å². The predicted octanol–water partition coefficient (Wildman–Crippen LogP) is 4.85. The van der Waals surface area contributed by atoms with Gasteiger partial charge < -0.3 is 9.72 Å². The largest absolute Gasteiger partial charge is 0.461 e. The summed E-state index contributed by atoms with van der Waals surface area (Å²) in [5.74, 6) is 0.105. The summed E-state index contributed by atoms with van der Waals surface area (Å²) in [4.78, 5) is 34.1. The van der Waals surface area contributed by atoms with Gasteiger partial charge in [-0.25, -0.2) is 4.98 Å². The van der Waals surface area contributed by atoms with Crippen LogP contribution in [0.4, 0.5) is 0 Å². The molecule has 1 aliphatic rings. The lowest BCUT2D eigenvalue weighted by molar-refractivity contribution is -0.144. The number of halogens is 2. The predicted molar refractivity (Wildman–Crippen MR) is 111 cm³/mol. The van der Waals surface area contributed by atoms with Gasteiger partial charge in [0.15, 0.2) is 0 Å². The maximum Gasteiger partial charge on any atom is 0.306 e. The van der Waals surface area contributed by atoms with E-state index in [0.29, 0.717) is 27.9 Å². The van der Waals surface area contributed by atoms with Crippen LogP contribution in [0.15, 0.2) is 23.0 Å². The number of thiophene rings is 1. The minimum Gasteiger partial charge on any atom is -0.461 e. The second kappa shape index (κ2) is 8.23. The van der Waals surface area contributed by atoms with Gasteiger partial charge in [0.2, 0.25) is 0 Å². The molecule has 2 aromatic heterocycles. The van der Waals surface area contributed by atoms with E-state index in [1.54, 1.807) is 29.5 Å². The number of carbonyl (C=O) groups is 1. The summed E-state index contributed by atoms with van der Waals surface area (Å²) in [6.45, 7) is 0.0119. The molecule has 0 spiro atoms. The molecule has 1 aliphatic carbocycles. The van der Waals surface area contributed by atoms with E-state index in [4.69, 9.17) is 27.9 Å². The number of nitrogens with one attached hydrogen (secondary N) is 1. The molecule has 0 fully saturated rings. The van der Waals surface area contributed by atoms with Gasteiger partial charge in [-0.05, 0) is 43.4 Å². The normalized spacial score (nSPS) is 13.5. The van der Waals surface area contributed by atoms with Gasteiger partial charge in [-0.1, -0.05) is 29.3 Å². The van der Waals surface area contributed by atoms with Gasteiger partial charge >= 0.3 is 5.97 Å². The molecule has 0 aliphatic heterocycles. The fourth-order valence-corrected chi connectivity index (χ4v) is 5.23. The number of nitrogens with zero attached hydrogens (tertiary/aromatic N) is 1. The topological polar surface area (TPSA) is 72.0 Å². The summed E-state index contributed by atoms with van der Waals surface area (Å²) < 4.78 is 5.27. The second-order valence-corrected chi connectivity index (χ2v) is 8.66. The van der Waals surface area contributed by atoms with Crippen molar-refractivity contribution < 1.29 is 9.53 Å². The first-order chi connectivity index (χ1) is 13.5. The third kappa shape index (κ3) is 3.95. The van der Waals surface area contributed by atoms with Crippen LogP contribution in [-0.2, 0) is 35.4 Å². The lowest BCUT2D eigenvalue weighted by atomic mass is 9.97. The van der Waals surface area contributed by atoms with Crippen LogP contribution in [0, 0.1) is 0 Å². The molecule has 0 saturated carbocycles. The van der Waals surface area contributed by atoms with Crippen LogP contribution in [-0.4, -0.2) is 15.9 Å². The van der Waals surface area contributed by atoms with Crippen LogP contribution in [0.5, 0.6) is 0 Å². The lowest BCUT2D eigenvalue weighted by Gasteiger charge is -2.09. The molecule has 8 heteroatoms. The van der Waals surface area contributed by atoms with Gasteiger partial charge in [-0.2, -0.15) is 0 Å². The maximum absolute atomic E-state index is 12.5. The zero-order valence-corrected chi connectivity index (χ0v) is 17.3. The first-order valence-corrected chi connectivity index (χ1v) is 10.7. The molecular formula is C20H18Cl2N2O3S. The van der Waals surface area contributed by atoms with Crippen LogP contribution in [0.2, 0.25) is 10.0 Å². The molecule has 0 atom stereocenters. The molecule has 0 saturated heterocycles. The molecule has 0 radical (unpaired) electrons. The van der Waals surface area contributed by atoms with Gasteiger partial charge in [-0.3, -0.25) is 9.59 Å². The summed E-state index contributed by atoms with van der Waals surface area (Å²) >= 11 is 13.8. The van der Waals surface area contributed by atoms with E-state index >= 15 is 0 Å². The maximum atomic E-state index is 12.5. The van der Waals surface area contributed by atoms with E-state index in [9.17, 15) is 9.59 Å². The number of fused-ring (bicyclic) bond motifs is 3. The molecule has 4 rings (SSSR count). The molecule has 0 bridgehead atoms. The number of carbonyl (C=O) groups excluding carboxylic acids is 1. The van der Waals surface area contributed by atoms with Gasteiger partial charge in [0.25, 0.3) is 5.56 Å². The minimum absolute atomic E-state index is 0.0119. The van der Waals surface area contributed by atoms with Crippen molar-refractivity contribution in [3.8, 4) is 0 Å². The number of benzene rings is 1. The summed E-state index contributed by atoms with van der Waals surface area (Å²) in [5.41, 5.74) is 1.62. The molecule has 3 aromatic rings. The average Bonchev–Trinajstić information content (AvgIpc) is 3.05. The third-order valence-corrected chi connectivity index (χ3v) is 6.77. The van der Waals surface area contributed by atoms with E-state index in [-0.39, 0.29) is 18.6 Å². The number of rotatable bonds is 5. The van der Waals surface area contributed by atoms with Gasteiger partial charge in [0.1, 0.15) is 17.3 Å². The van der Waals surface area contributed by atoms with Crippen molar-refractivity contribution >= 4 is 50.7 Å². The van der Waals surface area contributed by atoms with E-state index in [2.05, 4.69) is 9.97 Å². The van der Waals surface area contributed by atoms with Crippen molar-refractivity contribution in [2.24, 2.45) is 0 Å². The fourth-order valence-electron chi connectivity index (χ4n) is 3.44. The van der Waals surface area contributed by atoms with Crippen molar-refractivity contribution in [3.63, 3.8) is 0 Å². The monoisotopic (exact) mass is 436 g/mol. The van der Waals surface area contributed by atoms with Crippen LogP contribution in [0.1, 0.15) is 41.1 Å². The van der Waals surface area contributed by atoms with Crippen LogP contribution < -0.4 is 5.56 Å². The molecule has 2 heterocycles. The van der Waals surface area contributed by atoms with Crippen molar-refractivity contribution in [2.75, 3.05) is 0 Å². The van der Waals surface area contributed by atoms with Gasteiger partial charge in [0.05, 0.1) is 11.8 Å². The molecule has 5 nitrogen and oxygen atoms in total. The van der Waals surface area contributed by atoms with Crippen molar-refractivity contribution in [2.45, 2.75) is 45.1 Å². The molecule has 28 heavy (non-hydrogen) atoms. The zero-order valence-electron chi connectivity index (χ0n) is 15.0. The van der Waals surface area contributed by atoms with E-state index < -0.39 is 5.97 Å². The first-order valence-electron chi connectivity index (χ1n) is 9.15. The number of esters is 1. The second-order valence-electron chi connectivity index (χ2n) is 6.76. The zero-order chi connectivity index (χ0) is 19.7. The molecule has 0 amide bonds. The Bertz CT molecular complexity index is 1090. The highest BCUT2D eigenvalue weighted by Gasteiger charge is 2.20. The van der Waals surface area contributed by atoms with Gasteiger partial charge in [0, 0.05) is 26.9 Å². The molecule has 1 aromatic carbocycles. The van der Waals surface area contributed by atoms with Crippen LogP contribution in [0.25, 0.3) is 10.2 Å². The summed E-state index contributed by atoms with van der Waals surface area (Å²) in [6, 6.07) is 5.12. The number of aryl methyl sites for hydroxylation is 3. The number of ether oxygens (including phenoxy) is 1. The summed E-state index contributed by atoms with van der Waals surface area (Å²) in [5, 5.41) is 1.64. The number of H-pyrrole nitrogens is 1. The van der Waals surface area contributed by atoms with E-state index in [1.165, 1.54) is 4.88 Å². The first kappa shape index (κ1) is 19.4. The fraction of sp³-hybridized carbons (Fsp3) is 0.350. The highest BCUT2D eigenvalue weighted by molar-refractivity contribution is 7.18. The third-order valence-electron chi connectivity index (χ3n) is 4.88. The minimum atomic E-state index is -0.399. The summed E-state index contributed by atoms with van der Waals surface area (Å²) in [7, 11) is 0. The Hall–Kier alpha value is -1.89. The highest BCUT2D eigenvalue weighted by Crippen LogP contribution is 2.33. The van der Waals surface area contributed by atoms with Crippen LogP contribution in [0.3, 0.4) is 0 Å². The Labute approximate surface area is 175 Å². The van der Waals surface area contributed by atoms with Crippen molar-refractivity contribution in [3.05, 3.63) is 60.4 Å². The van der Waals surface area contributed by atoms with E-state index in [1.807, 2.05) is 0 Å². The number of aromatic nitrogens is 2.